The zero-order valence-electron chi connectivity index (χ0n) is 10.2. The highest BCUT2D eigenvalue weighted by atomic mass is 127. The Morgan fingerprint density at radius 1 is 1.25 bits per heavy atom. The van der Waals surface area contributed by atoms with Crippen LogP contribution < -0.4 is 5.43 Å². The lowest BCUT2D eigenvalue weighted by atomic mass is 10.2. The van der Waals surface area contributed by atoms with Crippen molar-refractivity contribution >= 4 is 50.6 Å². The SMILES string of the molecule is O=C(NN=Cc1cc(I)ccc1O)c1ccc(Br)cc1. The van der Waals surface area contributed by atoms with Gasteiger partial charge in [-0.1, -0.05) is 15.9 Å². The highest BCUT2D eigenvalue weighted by molar-refractivity contribution is 14.1. The van der Waals surface area contributed by atoms with E-state index >= 15 is 0 Å². The molecule has 0 bridgehead atoms. The molecule has 0 radical (unpaired) electrons. The molecule has 6 heteroatoms. The number of phenols is 1. The minimum atomic E-state index is -0.307. The van der Waals surface area contributed by atoms with Crippen molar-refractivity contribution in [1.29, 1.82) is 0 Å². The van der Waals surface area contributed by atoms with Gasteiger partial charge >= 0.3 is 0 Å². The van der Waals surface area contributed by atoms with Crippen molar-refractivity contribution in [3.05, 3.63) is 61.6 Å². The molecule has 0 saturated heterocycles. The van der Waals surface area contributed by atoms with Gasteiger partial charge in [-0.2, -0.15) is 5.10 Å². The zero-order valence-corrected chi connectivity index (χ0v) is 13.9. The fraction of sp³-hybridized carbons (Fsp3) is 0. The highest BCUT2D eigenvalue weighted by Crippen LogP contribution is 2.17. The number of nitrogens with zero attached hydrogens (tertiary/aromatic N) is 1. The normalized spacial score (nSPS) is 10.7. The van der Waals surface area contributed by atoms with Gasteiger partial charge in [0.05, 0.1) is 6.21 Å². The molecule has 0 aromatic heterocycles. The van der Waals surface area contributed by atoms with Crippen molar-refractivity contribution in [2.24, 2.45) is 5.10 Å². The Morgan fingerprint density at radius 3 is 2.65 bits per heavy atom. The van der Waals surface area contributed by atoms with Crippen molar-refractivity contribution in [2.45, 2.75) is 0 Å². The lowest BCUT2D eigenvalue weighted by Crippen LogP contribution is -2.17. The standard InChI is InChI=1S/C14H10BrIN2O2/c15-11-3-1-9(2-4-11)14(20)18-17-8-10-7-12(16)5-6-13(10)19/h1-8,19H,(H,18,20). The Morgan fingerprint density at radius 2 is 1.95 bits per heavy atom. The van der Waals surface area contributed by atoms with Crippen molar-refractivity contribution in [2.75, 3.05) is 0 Å². The van der Waals surface area contributed by atoms with Crippen molar-refractivity contribution < 1.29 is 9.90 Å². The summed E-state index contributed by atoms with van der Waals surface area (Å²) >= 11 is 5.44. The molecule has 0 fully saturated rings. The minimum Gasteiger partial charge on any atom is -0.507 e. The Balaban J connectivity index is 2.04. The van der Waals surface area contributed by atoms with Crippen LogP contribution in [0.25, 0.3) is 0 Å². The van der Waals surface area contributed by atoms with Gasteiger partial charge in [0, 0.05) is 19.2 Å². The maximum Gasteiger partial charge on any atom is 0.271 e. The van der Waals surface area contributed by atoms with Gasteiger partial charge in [-0.05, 0) is 65.1 Å². The molecule has 2 aromatic rings. The van der Waals surface area contributed by atoms with Gasteiger partial charge in [0.2, 0.25) is 0 Å². The van der Waals surface area contributed by atoms with Gasteiger partial charge in [0.1, 0.15) is 5.75 Å². The number of hydrazone groups is 1. The number of halogens is 2. The van der Waals surface area contributed by atoms with Crippen LogP contribution in [0.2, 0.25) is 0 Å². The number of benzene rings is 2. The van der Waals surface area contributed by atoms with E-state index in [0.29, 0.717) is 11.1 Å². The number of carbonyl (C=O) groups is 1. The summed E-state index contributed by atoms with van der Waals surface area (Å²) in [5.74, 6) is -0.189. The number of aromatic hydroxyl groups is 1. The predicted octanol–water partition coefficient (Wildman–Crippen LogP) is 3.52. The summed E-state index contributed by atoms with van der Waals surface area (Å²) in [4.78, 5) is 11.8. The summed E-state index contributed by atoms with van der Waals surface area (Å²) in [5, 5.41) is 13.5. The average Bonchev–Trinajstić information content (AvgIpc) is 2.43. The van der Waals surface area contributed by atoms with Gasteiger partial charge in [-0.25, -0.2) is 5.43 Å². The summed E-state index contributed by atoms with van der Waals surface area (Å²) in [5.41, 5.74) is 3.48. The molecule has 0 aliphatic heterocycles. The van der Waals surface area contributed by atoms with E-state index in [2.05, 4.69) is 49.0 Å². The second-order valence-corrected chi connectivity index (χ2v) is 6.07. The average molecular weight is 445 g/mol. The molecular weight excluding hydrogens is 435 g/mol. The van der Waals surface area contributed by atoms with Crippen LogP contribution in [0.4, 0.5) is 0 Å². The third kappa shape index (κ3) is 4.04. The molecule has 0 unspecified atom stereocenters. The molecule has 1 amide bonds. The fourth-order valence-electron chi connectivity index (χ4n) is 1.46. The van der Waals surface area contributed by atoms with Crippen LogP contribution in [-0.4, -0.2) is 17.2 Å². The van der Waals surface area contributed by atoms with Gasteiger partial charge in [0.15, 0.2) is 0 Å². The Labute approximate surface area is 138 Å². The van der Waals surface area contributed by atoms with Gasteiger partial charge in [0.25, 0.3) is 5.91 Å². The lowest BCUT2D eigenvalue weighted by molar-refractivity contribution is 0.0955. The Bertz CT molecular complexity index is 657. The number of amides is 1. The van der Waals surface area contributed by atoms with E-state index in [9.17, 15) is 9.90 Å². The molecule has 2 aromatic carbocycles. The third-order valence-corrected chi connectivity index (χ3v) is 3.67. The van der Waals surface area contributed by atoms with Crippen LogP contribution in [0.3, 0.4) is 0 Å². The minimum absolute atomic E-state index is 0.118. The third-order valence-electron chi connectivity index (χ3n) is 2.47. The fourth-order valence-corrected chi connectivity index (χ4v) is 2.23. The number of hydrogen-bond acceptors (Lipinski definition) is 3. The molecule has 0 spiro atoms. The summed E-state index contributed by atoms with van der Waals surface area (Å²) < 4.78 is 1.88. The first-order chi connectivity index (χ1) is 9.56. The van der Waals surface area contributed by atoms with Crippen LogP contribution in [0.1, 0.15) is 15.9 Å². The number of phenolic OH excluding ortho intramolecular Hbond substituents is 1. The molecule has 102 valence electrons. The molecule has 2 N–H and O–H groups in total. The largest absolute Gasteiger partial charge is 0.507 e. The molecular formula is C14H10BrIN2O2. The number of nitrogens with one attached hydrogen (secondary N) is 1. The first-order valence-corrected chi connectivity index (χ1v) is 7.51. The van der Waals surface area contributed by atoms with Gasteiger partial charge < -0.3 is 5.11 Å². The van der Waals surface area contributed by atoms with Crippen LogP contribution in [0.5, 0.6) is 5.75 Å². The van der Waals surface area contributed by atoms with Crippen LogP contribution in [0, 0.1) is 3.57 Å². The van der Waals surface area contributed by atoms with Crippen LogP contribution in [0.15, 0.2) is 52.0 Å². The molecule has 0 aliphatic rings. The first kappa shape index (κ1) is 15.0. The quantitative estimate of drug-likeness (QED) is 0.432. The number of rotatable bonds is 3. The van der Waals surface area contributed by atoms with E-state index in [1.165, 1.54) is 6.21 Å². The maximum absolute atomic E-state index is 11.8. The molecule has 0 saturated carbocycles. The topological polar surface area (TPSA) is 61.7 Å². The molecule has 0 heterocycles. The highest BCUT2D eigenvalue weighted by Gasteiger charge is 2.03. The van der Waals surface area contributed by atoms with Crippen molar-refractivity contribution in [3.63, 3.8) is 0 Å². The summed E-state index contributed by atoms with van der Waals surface area (Å²) in [6.45, 7) is 0. The second-order valence-electron chi connectivity index (χ2n) is 3.91. The predicted molar refractivity (Wildman–Crippen MR) is 90.0 cm³/mol. The zero-order chi connectivity index (χ0) is 14.5. The van der Waals surface area contributed by atoms with Crippen LogP contribution >= 0.6 is 38.5 Å². The van der Waals surface area contributed by atoms with Crippen LogP contribution in [-0.2, 0) is 0 Å². The smallest absolute Gasteiger partial charge is 0.271 e. The Kier molecular flexibility index (Phi) is 5.13. The Hall–Kier alpha value is -1.41. The van der Waals surface area contributed by atoms with Crippen molar-refractivity contribution in [1.82, 2.24) is 5.43 Å². The molecule has 0 atom stereocenters. The molecule has 0 aliphatic carbocycles. The van der Waals surface area contributed by atoms with E-state index in [1.807, 2.05) is 0 Å². The van der Waals surface area contributed by atoms with E-state index in [-0.39, 0.29) is 11.7 Å². The number of hydrogen-bond donors (Lipinski definition) is 2. The van der Waals surface area contributed by atoms with E-state index in [4.69, 9.17) is 0 Å². The van der Waals surface area contributed by atoms with Gasteiger partial charge in [-0.15, -0.1) is 0 Å². The second kappa shape index (κ2) is 6.85. The van der Waals surface area contributed by atoms with E-state index in [0.717, 1.165) is 8.04 Å². The monoisotopic (exact) mass is 444 g/mol. The molecule has 4 nitrogen and oxygen atoms in total. The molecule has 20 heavy (non-hydrogen) atoms. The maximum atomic E-state index is 11.8. The summed E-state index contributed by atoms with van der Waals surface area (Å²) in [6.07, 6.45) is 1.41. The summed E-state index contributed by atoms with van der Waals surface area (Å²) in [7, 11) is 0. The number of carbonyl (C=O) groups excluding carboxylic acids is 1. The summed E-state index contributed by atoms with van der Waals surface area (Å²) in [6, 6.07) is 12.1. The lowest BCUT2D eigenvalue weighted by Gasteiger charge is -2.01. The first-order valence-electron chi connectivity index (χ1n) is 5.64. The van der Waals surface area contributed by atoms with E-state index in [1.54, 1.807) is 42.5 Å². The van der Waals surface area contributed by atoms with E-state index < -0.39 is 0 Å². The van der Waals surface area contributed by atoms with Gasteiger partial charge in [-0.3, -0.25) is 4.79 Å². The molecule has 2 rings (SSSR count). The van der Waals surface area contributed by atoms with Crippen molar-refractivity contribution in [3.8, 4) is 5.75 Å².